The van der Waals surface area contributed by atoms with Crippen LogP contribution in [0, 0.1) is 17.0 Å². The van der Waals surface area contributed by atoms with Gasteiger partial charge in [0, 0.05) is 6.07 Å². The molecule has 0 unspecified atom stereocenters. The lowest BCUT2D eigenvalue weighted by Crippen LogP contribution is -2.23. The molecular weight excluding hydrogens is 464 g/mol. The number of anilines is 1. The van der Waals surface area contributed by atoms with Gasteiger partial charge in [-0.15, -0.1) is 0 Å². The third-order valence-corrected chi connectivity index (χ3v) is 6.46. The number of carbonyl (C=O) groups excluding carboxylic acids is 1. The van der Waals surface area contributed by atoms with Crippen molar-refractivity contribution in [1.82, 2.24) is 9.55 Å². The van der Waals surface area contributed by atoms with Gasteiger partial charge in [-0.25, -0.2) is 4.98 Å². The van der Waals surface area contributed by atoms with E-state index in [1.54, 1.807) is 37.3 Å². The Kier molecular flexibility index (Phi) is 6.97. The van der Waals surface area contributed by atoms with Gasteiger partial charge in [0.25, 0.3) is 11.2 Å². The average Bonchev–Trinajstić information content (AvgIpc) is 2.84. The molecule has 0 aliphatic carbocycles. The predicted molar refractivity (Wildman–Crippen MR) is 139 cm³/mol. The summed E-state index contributed by atoms with van der Waals surface area (Å²) in [6.45, 7) is 5.93. The van der Waals surface area contributed by atoms with Gasteiger partial charge in [0.05, 0.1) is 27.3 Å². The van der Waals surface area contributed by atoms with Gasteiger partial charge in [-0.2, -0.15) is 0 Å². The molecule has 35 heavy (non-hydrogen) atoms. The van der Waals surface area contributed by atoms with E-state index in [0.717, 1.165) is 22.9 Å². The number of nitrogens with one attached hydrogen (secondary N) is 1. The fourth-order valence-electron chi connectivity index (χ4n) is 3.66. The number of rotatable bonds is 7. The van der Waals surface area contributed by atoms with E-state index in [9.17, 15) is 19.7 Å². The molecule has 4 aromatic rings. The number of nitro groups is 1. The summed E-state index contributed by atoms with van der Waals surface area (Å²) in [5.74, 6) is -0.176. The highest BCUT2D eigenvalue weighted by atomic mass is 32.2. The lowest BCUT2D eigenvalue weighted by molar-refractivity contribution is -0.384. The molecule has 0 radical (unpaired) electrons. The van der Waals surface area contributed by atoms with Crippen LogP contribution in [0.15, 0.2) is 76.7 Å². The minimum atomic E-state index is -0.529. The highest BCUT2D eigenvalue weighted by Gasteiger charge is 2.18. The summed E-state index contributed by atoms with van der Waals surface area (Å²) >= 11 is 1.10. The normalized spacial score (nSPS) is 11.1. The number of para-hydroxylation sites is 1. The molecule has 0 atom stereocenters. The quantitative estimate of drug-likeness (QED) is 0.160. The highest BCUT2D eigenvalue weighted by Crippen LogP contribution is 2.27. The molecule has 0 saturated heterocycles. The van der Waals surface area contributed by atoms with Crippen molar-refractivity contribution in [2.24, 2.45) is 0 Å². The Balaban J connectivity index is 1.66. The summed E-state index contributed by atoms with van der Waals surface area (Å²) in [7, 11) is 0. The van der Waals surface area contributed by atoms with Crippen LogP contribution in [0.25, 0.3) is 16.6 Å². The van der Waals surface area contributed by atoms with Crippen LogP contribution in [-0.2, 0) is 4.79 Å². The molecule has 0 fully saturated rings. The Bertz CT molecular complexity index is 1480. The molecule has 178 valence electrons. The molecule has 0 aliphatic heterocycles. The molecule has 1 amide bonds. The van der Waals surface area contributed by atoms with Crippen LogP contribution >= 0.6 is 11.8 Å². The first kappa shape index (κ1) is 24.2. The van der Waals surface area contributed by atoms with Crippen LogP contribution in [0.5, 0.6) is 0 Å². The Labute approximate surface area is 206 Å². The Morgan fingerprint density at radius 1 is 1.11 bits per heavy atom. The molecule has 0 bridgehead atoms. The van der Waals surface area contributed by atoms with Gasteiger partial charge in [0.1, 0.15) is 5.69 Å². The maximum absolute atomic E-state index is 13.4. The number of aryl methyl sites for hydroxylation is 1. The Morgan fingerprint density at radius 2 is 1.83 bits per heavy atom. The molecule has 3 aromatic carbocycles. The molecule has 1 aromatic heterocycles. The first-order chi connectivity index (χ1) is 16.7. The molecular formula is C26H24N4O4S. The van der Waals surface area contributed by atoms with Gasteiger partial charge >= 0.3 is 0 Å². The maximum atomic E-state index is 13.4. The lowest BCUT2D eigenvalue weighted by Gasteiger charge is -2.14. The van der Waals surface area contributed by atoms with Crippen LogP contribution in [0.4, 0.5) is 11.4 Å². The minimum Gasteiger partial charge on any atom is -0.320 e. The van der Waals surface area contributed by atoms with Crippen LogP contribution in [0.3, 0.4) is 0 Å². The van der Waals surface area contributed by atoms with Crippen molar-refractivity contribution in [2.75, 3.05) is 11.1 Å². The standard InChI is InChI=1S/C26H24N4O4S/c1-16(2)18-9-11-19(12-10-18)29-25(32)20-6-4-5-7-21(20)28-26(29)35-15-24(31)27-22-13-8-17(3)14-23(22)30(33)34/h4-14,16H,15H2,1-3H3,(H,27,31). The van der Waals surface area contributed by atoms with Crippen molar-refractivity contribution < 1.29 is 9.72 Å². The summed E-state index contributed by atoms with van der Waals surface area (Å²) in [6.07, 6.45) is 0. The Hall–Kier alpha value is -3.98. The van der Waals surface area contributed by atoms with Gasteiger partial charge in [0.15, 0.2) is 5.16 Å². The second kappa shape index (κ2) is 10.1. The second-order valence-corrected chi connectivity index (χ2v) is 9.36. The summed E-state index contributed by atoms with van der Waals surface area (Å²) in [4.78, 5) is 41.6. The number of thioether (sulfide) groups is 1. The molecule has 0 spiro atoms. The maximum Gasteiger partial charge on any atom is 0.293 e. The van der Waals surface area contributed by atoms with Crippen LogP contribution < -0.4 is 10.9 Å². The van der Waals surface area contributed by atoms with Gasteiger partial charge in [-0.05, 0) is 54.3 Å². The predicted octanol–water partition coefficient (Wildman–Crippen LogP) is 5.46. The zero-order valence-corrected chi connectivity index (χ0v) is 20.3. The van der Waals surface area contributed by atoms with Crippen molar-refractivity contribution in [3.05, 3.63) is 98.3 Å². The zero-order valence-electron chi connectivity index (χ0n) is 19.5. The van der Waals surface area contributed by atoms with Crippen LogP contribution in [-0.4, -0.2) is 26.1 Å². The van der Waals surface area contributed by atoms with Crippen molar-refractivity contribution in [1.29, 1.82) is 0 Å². The molecule has 4 rings (SSSR count). The molecule has 0 aliphatic rings. The number of hydrogen-bond acceptors (Lipinski definition) is 6. The van der Waals surface area contributed by atoms with E-state index in [1.807, 2.05) is 24.3 Å². The molecule has 0 saturated carbocycles. The van der Waals surface area contributed by atoms with E-state index in [1.165, 1.54) is 16.7 Å². The minimum absolute atomic E-state index is 0.0834. The number of fused-ring (bicyclic) bond motifs is 1. The number of carbonyl (C=O) groups is 1. The second-order valence-electron chi connectivity index (χ2n) is 8.41. The number of amides is 1. The fourth-order valence-corrected chi connectivity index (χ4v) is 4.47. The van der Waals surface area contributed by atoms with E-state index in [0.29, 0.717) is 27.7 Å². The number of nitrogens with zero attached hydrogens (tertiary/aromatic N) is 3. The van der Waals surface area contributed by atoms with E-state index in [4.69, 9.17) is 0 Å². The fraction of sp³-hybridized carbons (Fsp3) is 0.192. The average molecular weight is 489 g/mol. The smallest absolute Gasteiger partial charge is 0.293 e. The summed E-state index contributed by atoms with van der Waals surface area (Å²) in [5, 5.41) is 14.8. The van der Waals surface area contributed by atoms with Gasteiger partial charge in [-0.3, -0.25) is 24.3 Å². The zero-order chi connectivity index (χ0) is 25.1. The molecule has 1 heterocycles. The van der Waals surface area contributed by atoms with Crippen molar-refractivity contribution in [3.63, 3.8) is 0 Å². The topological polar surface area (TPSA) is 107 Å². The van der Waals surface area contributed by atoms with Crippen LogP contribution in [0.2, 0.25) is 0 Å². The third kappa shape index (κ3) is 5.25. The van der Waals surface area contributed by atoms with Gasteiger partial charge < -0.3 is 5.32 Å². The van der Waals surface area contributed by atoms with Crippen molar-refractivity contribution >= 4 is 39.9 Å². The summed E-state index contributed by atoms with van der Waals surface area (Å²) in [5.41, 5.74) is 2.76. The van der Waals surface area contributed by atoms with E-state index >= 15 is 0 Å². The van der Waals surface area contributed by atoms with Crippen molar-refractivity contribution in [3.8, 4) is 5.69 Å². The highest BCUT2D eigenvalue weighted by molar-refractivity contribution is 7.99. The number of hydrogen-bond donors (Lipinski definition) is 1. The molecule has 8 nitrogen and oxygen atoms in total. The SMILES string of the molecule is Cc1ccc(NC(=O)CSc2nc3ccccc3c(=O)n2-c2ccc(C(C)C)cc2)c([N+](=O)[O-])c1. The number of aromatic nitrogens is 2. The molecule has 1 N–H and O–H groups in total. The van der Waals surface area contributed by atoms with E-state index < -0.39 is 10.8 Å². The summed E-state index contributed by atoms with van der Waals surface area (Å²) < 4.78 is 1.50. The van der Waals surface area contributed by atoms with Crippen molar-refractivity contribution in [2.45, 2.75) is 31.8 Å². The first-order valence-electron chi connectivity index (χ1n) is 11.0. The van der Waals surface area contributed by atoms with E-state index in [-0.39, 0.29) is 22.7 Å². The monoisotopic (exact) mass is 488 g/mol. The van der Waals surface area contributed by atoms with Gasteiger partial charge in [0.2, 0.25) is 5.91 Å². The Morgan fingerprint density at radius 3 is 2.51 bits per heavy atom. The van der Waals surface area contributed by atoms with Gasteiger partial charge in [-0.1, -0.05) is 55.9 Å². The lowest BCUT2D eigenvalue weighted by atomic mass is 10.0. The molecule has 9 heteroatoms. The largest absolute Gasteiger partial charge is 0.320 e. The van der Waals surface area contributed by atoms with Crippen LogP contribution in [0.1, 0.15) is 30.9 Å². The third-order valence-electron chi connectivity index (χ3n) is 5.52. The van der Waals surface area contributed by atoms with E-state index in [2.05, 4.69) is 24.1 Å². The number of nitro benzene ring substituents is 1. The summed E-state index contributed by atoms with van der Waals surface area (Å²) in [6, 6.07) is 19.4. The first-order valence-corrected chi connectivity index (χ1v) is 12.0. The number of benzene rings is 3.